The lowest BCUT2D eigenvalue weighted by Gasteiger charge is -2.34. The quantitative estimate of drug-likeness (QED) is 0.263. The number of carbonyl (C=O) groups is 1. The van der Waals surface area contributed by atoms with E-state index in [0.717, 1.165) is 60.3 Å². The van der Waals surface area contributed by atoms with E-state index < -0.39 is 12.1 Å². The average molecular weight is 612 g/mol. The average Bonchev–Trinajstić information content (AvgIpc) is 3.37. The van der Waals surface area contributed by atoms with Crippen LogP contribution in [0.5, 0.6) is 5.75 Å². The summed E-state index contributed by atoms with van der Waals surface area (Å²) in [6.07, 6.45) is 7.47. The molecule has 1 unspecified atom stereocenters. The summed E-state index contributed by atoms with van der Waals surface area (Å²) in [7, 11) is 0. The van der Waals surface area contributed by atoms with Gasteiger partial charge in [-0.2, -0.15) is 5.10 Å². The fourth-order valence-corrected chi connectivity index (χ4v) is 6.33. The molecule has 3 aromatic heterocycles. The lowest BCUT2D eigenvalue weighted by atomic mass is 10.1. The molecule has 10 nitrogen and oxygen atoms in total. The van der Waals surface area contributed by atoms with Gasteiger partial charge in [-0.3, -0.25) is 14.7 Å². The Labute approximate surface area is 253 Å². The number of hydrogen-bond donors (Lipinski definition) is 1. The molecule has 12 heteroatoms. The van der Waals surface area contributed by atoms with Crippen molar-refractivity contribution in [2.75, 3.05) is 44.2 Å². The van der Waals surface area contributed by atoms with E-state index in [1.807, 2.05) is 53.0 Å². The fourth-order valence-electron chi connectivity index (χ4n) is 5.66. The fraction of sp³-hybridized carbons (Fsp3) is 0.400. The molecule has 5 heterocycles. The first-order valence-corrected chi connectivity index (χ1v) is 14.9. The van der Waals surface area contributed by atoms with Crippen molar-refractivity contribution in [3.63, 3.8) is 0 Å². The molecule has 6 rings (SSSR count). The van der Waals surface area contributed by atoms with Crippen LogP contribution in [-0.4, -0.2) is 75.1 Å². The van der Waals surface area contributed by atoms with Crippen LogP contribution in [0.1, 0.15) is 44.1 Å². The highest BCUT2D eigenvalue weighted by Crippen LogP contribution is 2.37. The van der Waals surface area contributed by atoms with Gasteiger partial charge in [0.25, 0.3) is 0 Å². The molecule has 0 saturated carbocycles. The van der Waals surface area contributed by atoms with E-state index >= 15 is 0 Å². The molecule has 0 spiro atoms. The van der Waals surface area contributed by atoms with Gasteiger partial charge in [-0.05, 0) is 56.5 Å². The van der Waals surface area contributed by atoms with Crippen LogP contribution in [0.4, 0.5) is 5.82 Å². The second kappa shape index (κ2) is 12.4. The monoisotopic (exact) mass is 610 g/mol. The highest BCUT2D eigenvalue weighted by molar-refractivity contribution is 6.35. The van der Waals surface area contributed by atoms with E-state index in [9.17, 15) is 4.79 Å². The van der Waals surface area contributed by atoms with Gasteiger partial charge in [0.05, 0.1) is 22.1 Å². The largest absolute Gasteiger partial charge is 0.486 e. The van der Waals surface area contributed by atoms with E-state index in [1.165, 1.54) is 0 Å². The van der Waals surface area contributed by atoms with Crippen LogP contribution in [0.25, 0.3) is 22.2 Å². The summed E-state index contributed by atoms with van der Waals surface area (Å²) < 4.78 is 14.4. The number of halogens is 2. The van der Waals surface area contributed by atoms with Gasteiger partial charge in [0.2, 0.25) is 0 Å². The van der Waals surface area contributed by atoms with Gasteiger partial charge < -0.3 is 19.5 Å². The number of pyridine rings is 2. The molecule has 42 heavy (non-hydrogen) atoms. The van der Waals surface area contributed by atoms with Crippen LogP contribution in [0.15, 0.2) is 48.9 Å². The van der Waals surface area contributed by atoms with E-state index in [4.69, 9.17) is 47.9 Å². The number of rotatable bonds is 8. The van der Waals surface area contributed by atoms with Crippen molar-refractivity contribution in [2.24, 2.45) is 0 Å². The molecule has 2 fully saturated rings. The molecule has 2 aliphatic rings. The number of ether oxygens (including phenoxy) is 2. The molecule has 220 valence electrons. The Hall–Kier alpha value is -3.44. The molecule has 2 atom stereocenters. The number of carboxylic acids is 1. The second-order valence-corrected chi connectivity index (χ2v) is 11.4. The zero-order valence-electron chi connectivity index (χ0n) is 23.2. The Balaban J connectivity index is 1.30. The maximum Gasteiger partial charge on any atom is 0.317 e. The predicted octanol–water partition coefficient (Wildman–Crippen LogP) is 5.85. The number of anilines is 1. The molecule has 0 aliphatic carbocycles. The Morgan fingerprint density at radius 3 is 2.55 bits per heavy atom. The number of aromatic nitrogens is 4. The standard InChI is InChI=1S/C30H32Cl2N6O4/c1-19(29-23(31)16-33-17-24(29)32)42-21-6-7-25-22(14-21)30(35-38(25)27-4-2-3-13-41-27)20-5-8-26(34-15-20)37-11-9-36(10-12-37)18-28(39)40/h5-8,14-17,19,27H,2-4,9-13,18H2,1H3,(H,39,40)/t19-,27?/m1/s1. The molecule has 0 radical (unpaired) electrons. The first-order valence-electron chi connectivity index (χ1n) is 14.1. The molecule has 0 amide bonds. The summed E-state index contributed by atoms with van der Waals surface area (Å²) in [5.74, 6) is 0.717. The number of aliphatic carboxylic acids is 1. The van der Waals surface area contributed by atoms with Crippen molar-refractivity contribution in [2.45, 2.75) is 38.5 Å². The van der Waals surface area contributed by atoms with Crippen LogP contribution in [0, 0.1) is 0 Å². The SMILES string of the molecule is C[C@@H](Oc1ccc2c(c1)c(-c1ccc(N3CCN(CC(=O)O)CC3)nc1)nn2C1CCCCO1)c1c(Cl)cncc1Cl. The zero-order chi connectivity index (χ0) is 29.2. The summed E-state index contributed by atoms with van der Waals surface area (Å²) in [4.78, 5) is 24.0. The van der Waals surface area contributed by atoms with Gasteiger partial charge in [0.15, 0.2) is 6.23 Å². The molecular formula is C30H32Cl2N6O4. The third kappa shape index (κ3) is 6.03. The summed E-state index contributed by atoms with van der Waals surface area (Å²) in [5.41, 5.74) is 3.31. The molecule has 1 aromatic carbocycles. The summed E-state index contributed by atoms with van der Waals surface area (Å²) in [5, 5.41) is 16.0. The predicted molar refractivity (Wildman–Crippen MR) is 161 cm³/mol. The lowest BCUT2D eigenvalue weighted by Crippen LogP contribution is -2.48. The molecule has 1 N–H and O–H groups in total. The van der Waals surface area contributed by atoms with Gasteiger partial charge in [0, 0.05) is 67.9 Å². The van der Waals surface area contributed by atoms with E-state index in [2.05, 4.69) is 9.88 Å². The third-order valence-electron chi connectivity index (χ3n) is 7.79. The van der Waals surface area contributed by atoms with Gasteiger partial charge in [-0.15, -0.1) is 0 Å². The Bertz CT molecular complexity index is 1550. The first-order chi connectivity index (χ1) is 20.4. The van der Waals surface area contributed by atoms with Crippen LogP contribution in [-0.2, 0) is 9.53 Å². The van der Waals surface area contributed by atoms with Crippen LogP contribution >= 0.6 is 23.2 Å². The minimum Gasteiger partial charge on any atom is -0.486 e. The van der Waals surface area contributed by atoms with Gasteiger partial charge in [-0.1, -0.05) is 23.2 Å². The minimum absolute atomic E-state index is 0.0633. The van der Waals surface area contributed by atoms with Crippen molar-refractivity contribution in [1.29, 1.82) is 0 Å². The number of benzene rings is 1. The van der Waals surface area contributed by atoms with Gasteiger partial charge >= 0.3 is 5.97 Å². The van der Waals surface area contributed by atoms with Crippen molar-refractivity contribution >= 4 is 45.9 Å². The Kier molecular flexibility index (Phi) is 8.48. The summed E-state index contributed by atoms with van der Waals surface area (Å²) in [6, 6.07) is 9.97. The van der Waals surface area contributed by atoms with Gasteiger partial charge in [0.1, 0.15) is 23.4 Å². The zero-order valence-corrected chi connectivity index (χ0v) is 24.8. The Morgan fingerprint density at radius 2 is 1.88 bits per heavy atom. The van der Waals surface area contributed by atoms with E-state index in [1.54, 1.807) is 12.4 Å². The second-order valence-electron chi connectivity index (χ2n) is 10.6. The summed E-state index contributed by atoms with van der Waals surface area (Å²) >= 11 is 12.8. The number of hydrogen-bond acceptors (Lipinski definition) is 8. The molecule has 2 aliphatic heterocycles. The van der Waals surface area contributed by atoms with Crippen LogP contribution < -0.4 is 9.64 Å². The van der Waals surface area contributed by atoms with Crippen LogP contribution in [0.2, 0.25) is 10.0 Å². The van der Waals surface area contributed by atoms with Crippen molar-refractivity contribution in [3.8, 4) is 17.0 Å². The number of fused-ring (bicyclic) bond motifs is 1. The summed E-state index contributed by atoms with van der Waals surface area (Å²) in [6.45, 7) is 5.49. The maximum atomic E-state index is 11.0. The normalized spacial score (nSPS) is 18.7. The topological polar surface area (TPSA) is 106 Å². The van der Waals surface area contributed by atoms with E-state index in [0.29, 0.717) is 41.1 Å². The molecule has 4 aromatic rings. The van der Waals surface area contributed by atoms with Gasteiger partial charge in [-0.25, -0.2) is 9.67 Å². The smallest absolute Gasteiger partial charge is 0.317 e. The third-order valence-corrected chi connectivity index (χ3v) is 8.39. The maximum absolute atomic E-state index is 11.0. The Morgan fingerprint density at radius 1 is 1.10 bits per heavy atom. The van der Waals surface area contributed by atoms with E-state index in [-0.39, 0.29) is 12.8 Å². The van der Waals surface area contributed by atoms with Crippen LogP contribution in [0.3, 0.4) is 0 Å². The highest BCUT2D eigenvalue weighted by atomic mass is 35.5. The lowest BCUT2D eigenvalue weighted by molar-refractivity contribution is -0.138. The molecule has 0 bridgehead atoms. The van der Waals surface area contributed by atoms with Crippen molar-refractivity contribution in [1.82, 2.24) is 24.6 Å². The number of piperazine rings is 1. The molecule has 2 saturated heterocycles. The minimum atomic E-state index is -0.802. The number of carboxylic acid groups (broad SMARTS) is 1. The number of nitrogens with zero attached hydrogens (tertiary/aromatic N) is 6. The molecular weight excluding hydrogens is 579 g/mol. The first kappa shape index (κ1) is 28.7. The van der Waals surface area contributed by atoms with Crippen molar-refractivity contribution in [3.05, 3.63) is 64.5 Å². The highest BCUT2D eigenvalue weighted by Gasteiger charge is 2.24. The van der Waals surface area contributed by atoms with Crippen molar-refractivity contribution < 1.29 is 19.4 Å².